The standard InChI is InChI=1S/C12H20N4O6/c1-6(17)2-3-8(11(20)21)16-12(22)15-7(10(14)19)4-5-9(13)18/h7-8H,2-5H2,1H3,(H2,13,18)(H2,14,19)(H,20,21)(H2,15,16,22)/t7?,8-/m0/s1. The maximum Gasteiger partial charge on any atom is 0.326 e. The van der Waals surface area contributed by atoms with E-state index in [0.717, 1.165) is 0 Å². The predicted molar refractivity (Wildman–Crippen MR) is 74.4 cm³/mol. The Hall–Kier alpha value is -2.65. The van der Waals surface area contributed by atoms with Crippen molar-refractivity contribution in [2.75, 3.05) is 0 Å². The Labute approximate surface area is 126 Å². The van der Waals surface area contributed by atoms with E-state index in [9.17, 15) is 24.0 Å². The number of aliphatic carboxylic acids is 1. The fourth-order valence-electron chi connectivity index (χ4n) is 1.54. The molecule has 7 N–H and O–H groups in total. The minimum absolute atomic E-state index is 0.0157. The minimum atomic E-state index is -1.32. The van der Waals surface area contributed by atoms with E-state index in [-0.39, 0.29) is 31.5 Å². The van der Waals surface area contributed by atoms with Gasteiger partial charge in [-0.25, -0.2) is 9.59 Å². The van der Waals surface area contributed by atoms with Crippen molar-refractivity contribution in [1.82, 2.24) is 10.6 Å². The van der Waals surface area contributed by atoms with E-state index in [1.165, 1.54) is 6.92 Å². The Balaban J connectivity index is 4.57. The van der Waals surface area contributed by atoms with Crippen LogP contribution in [0, 0.1) is 0 Å². The summed E-state index contributed by atoms with van der Waals surface area (Å²) in [5.74, 6) is -3.08. The number of carbonyl (C=O) groups is 5. The average Bonchev–Trinajstić information content (AvgIpc) is 2.38. The molecule has 10 nitrogen and oxygen atoms in total. The largest absolute Gasteiger partial charge is 0.480 e. The van der Waals surface area contributed by atoms with E-state index in [1.54, 1.807) is 0 Å². The van der Waals surface area contributed by atoms with E-state index in [1.807, 2.05) is 0 Å². The molecule has 0 heterocycles. The minimum Gasteiger partial charge on any atom is -0.480 e. The summed E-state index contributed by atoms with van der Waals surface area (Å²) >= 11 is 0. The van der Waals surface area contributed by atoms with Crippen LogP contribution in [0.3, 0.4) is 0 Å². The van der Waals surface area contributed by atoms with Crippen molar-refractivity contribution >= 4 is 29.6 Å². The average molecular weight is 316 g/mol. The number of rotatable bonds is 10. The van der Waals surface area contributed by atoms with Crippen LogP contribution in [0.5, 0.6) is 0 Å². The lowest BCUT2D eigenvalue weighted by Gasteiger charge is -2.18. The topological polar surface area (TPSA) is 182 Å². The van der Waals surface area contributed by atoms with Crippen molar-refractivity contribution in [1.29, 1.82) is 0 Å². The van der Waals surface area contributed by atoms with E-state index >= 15 is 0 Å². The second-order valence-corrected chi connectivity index (χ2v) is 4.71. The second-order valence-electron chi connectivity index (χ2n) is 4.71. The third kappa shape index (κ3) is 8.51. The van der Waals surface area contributed by atoms with Gasteiger partial charge in [0.1, 0.15) is 17.9 Å². The van der Waals surface area contributed by atoms with Gasteiger partial charge in [-0.1, -0.05) is 0 Å². The first-order valence-corrected chi connectivity index (χ1v) is 6.50. The van der Waals surface area contributed by atoms with E-state index in [0.29, 0.717) is 0 Å². The molecule has 0 saturated carbocycles. The van der Waals surface area contributed by atoms with Gasteiger partial charge in [0.25, 0.3) is 0 Å². The molecule has 0 fully saturated rings. The Bertz CT molecular complexity index is 425. The number of ketones is 1. The van der Waals surface area contributed by atoms with Gasteiger partial charge in [0.2, 0.25) is 11.8 Å². The molecule has 0 aromatic heterocycles. The van der Waals surface area contributed by atoms with Crippen LogP contribution in [-0.2, 0) is 19.2 Å². The maximum atomic E-state index is 11.7. The summed E-state index contributed by atoms with van der Waals surface area (Å²) in [5, 5.41) is 13.2. The van der Waals surface area contributed by atoms with Crippen molar-refractivity contribution < 1.29 is 29.1 Å². The van der Waals surface area contributed by atoms with Crippen LogP contribution in [0.25, 0.3) is 0 Å². The van der Waals surface area contributed by atoms with Crippen LogP contribution in [0.15, 0.2) is 0 Å². The lowest BCUT2D eigenvalue weighted by Crippen LogP contribution is -2.52. The number of nitrogens with one attached hydrogen (secondary N) is 2. The maximum absolute atomic E-state index is 11.7. The highest BCUT2D eigenvalue weighted by Gasteiger charge is 2.23. The molecule has 1 unspecified atom stereocenters. The highest BCUT2D eigenvalue weighted by molar-refractivity contribution is 5.88. The van der Waals surface area contributed by atoms with Crippen molar-refractivity contribution in [2.24, 2.45) is 11.5 Å². The van der Waals surface area contributed by atoms with Gasteiger partial charge in [-0.3, -0.25) is 9.59 Å². The summed E-state index contributed by atoms with van der Waals surface area (Å²) in [6.07, 6.45) is -0.358. The molecule has 4 amide bonds. The second kappa shape index (κ2) is 9.32. The Morgan fingerprint density at radius 1 is 0.955 bits per heavy atom. The van der Waals surface area contributed by atoms with Gasteiger partial charge in [0, 0.05) is 12.8 Å². The molecule has 2 atom stereocenters. The van der Waals surface area contributed by atoms with Crippen LogP contribution >= 0.6 is 0 Å². The van der Waals surface area contributed by atoms with Crippen LogP contribution in [0.4, 0.5) is 4.79 Å². The number of amides is 4. The van der Waals surface area contributed by atoms with E-state index < -0.39 is 35.9 Å². The zero-order valence-corrected chi connectivity index (χ0v) is 12.1. The molecule has 0 radical (unpaired) electrons. The number of hydrogen-bond donors (Lipinski definition) is 5. The van der Waals surface area contributed by atoms with Gasteiger partial charge in [0.05, 0.1) is 0 Å². The van der Waals surface area contributed by atoms with E-state index in [4.69, 9.17) is 16.6 Å². The molecule has 10 heteroatoms. The third-order valence-electron chi connectivity index (χ3n) is 2.72. The normalized spacial score (nSPS) is 12.8. The van der Waals surface area contributed by atoms with Crippen molar-refractivity contribution in [3.05, 3.63) is 0 Å². The smallest absolute Gasteiger partial charge is 0.326 e. The van der Waals surface area contributed by atoms with Gasteiger partial charge in [0.15, 0.2) is 0 Å². The number of carbonyl (C=O) groups excluding carboxylic acids is 4. The summed E-state index contributed by atoms with van der Waals surface area (Å²) < 4.78 is 0. The van der Waals surface area contributed by atoms with Crippen LogP contribution in [-0.4, -0.2) is 46.8 Å². The fraction of sp³-hybridized carbons (Fsp3) is 0.583. The van der Waals surface area contributed by atoms with Gasteiger partial charge in [-0.15, -0.1) is 0 Å². The number of primary amides is 2. The molecule has 0 saturated heterocycles. The van der Waals surface area contributed by atoms with Crippen LogP contribution < -0.4 is 22.1 Å². The molecule has 0 aliphatic rings. The molecule has 0 aliphatic heterocycles. The Morgan fingerprint density at radius 2 is 1.45 bits per heavy atom. The SMILES string of the molecule is CC(=O)CC[C@H](NC(=O)NC(CCC(N)=O)C(N)=O)C(=O)O. The molecule has 0 bridgehead atoms. The summed E-state index contributed by atoms with van der Waals surface area (Å²) in [6, 6.07) is -3.38. The molecule has 0 aromatic carbocycles. The van der Waals surface area contributed by atoms with Crippen molar-refractivity contribution in [2.45, 2.75) is 44.7 Å². The Kier molecular flexibility index (Phi) is 8.19. The Morgan fingerprint density at radius 3 is 1.86 bits per heavy atom. The number of nitrogens with two attached hydrogens (primary N) is 2. The highest BCUT2D eigenvalue weighted by Crippen LogP contribution is 2.00. The molecule has 0 aliphatic carbocycles. The summed E-state index contributed by atoms with van der Waals surface area (Å²) in [4.78, 5) is 55.3. The molecule has 0 aromatic rings. The molecular weight excluding hydrogens is 296 g/mol. The van der Waals surface area contributed by atoms with E-state index in [2.05, 4.69) is 10.6 Å². The molecule has 0 spiro atoms. The van der Waals surface area contributed by atoms with Gasteiger partial charge < -0.3 is 32.0 Å². The van der Waals surface area contributed by atoms with Crippen LogP contribution in [0.2, 0.25) is 0 Å². The first-order chi connectivity index (χ1) is 10.1. The lowest BCUT2D eigenvalue weighted by atomic mass is 10.1. The third-order valence-corrected chi connectivity index (χ3v) is 2.72. The first kappa shape index (κ1) is 19.4. The molecule has 22 heavy (non-hydrogen) atoms. The fourth-order valence-corrected chi connectivity index (χ4v) is 1.54. The molecule has 124 valence electrons. The quantitative estimate of drug-likeness (QED) is 0.317. The van der Waals surface area contributed by atoms with Crippen molar-refractivity contribution in [3.63, 3.8) is 0 Å². The first-order valence-electron chi connectivity index (χ1n) is 6.50. The van der Waals surface area contributed by atoms with Gasteiger partial charge in [-0.05, 0) is 19.8 Å². The monoisotopic (exact) mass is 316 g/mol. The predicted octanol–water partition coefficient (Wildman–Crippen LogP) is -1.77. The lowest BCUT2D eigenvalue weighted by molar-refractivity contribution is -0.139. The molecular formula is C12H20N4O6. The summed E-state index contributed by atoms with van der Waals surface area (Å²) in [5.41, 5.74) is 10.00. The summed E-state index contributed by atoms with van der Waals surface area (Å²) in [6.45, 7) is 1.30. The number of carboxylic acid groups (broad SMARTS) is 1. The highest BCUT2D eigenvalue weighted by atomic mass is 16.4. The van der Waals surface area contributed by atoms with Crippen molar-refractivity contribution in [3.8, 4) is 0 Å². The number of carboxylic acids is 1. The van der Waals surface area contributed by atoms with Gasteiger partial charge in [-0.2, -0.15) is 0 Å². The summed E-state index contributed by atoms with van der Waals surface area (Å²) in [7, 11) is 0. The van der Waals surface area contributed by atoms with Gasteiger partial charge >= 0.3 is 12.0 Å². The number of hydrogen-bond acceptors (Lipinski definition) is 5. The number of Topliss-reactive ketones (excluding diaryl/α,β-unsaturated/α-hetero) is 1. The molecule has 0 rings (SSSR count). The number of urea groups is 1. The zero-order valence-electron chi connectivity index (χ0n) is 12.1. The van der Waals surface area contributed by atoms with Crippen LogP contribution in [0.1, 0.15) is 32.6 Å². The zero-order chi connectivity index (χ0) is 17.3.